The molecule has 0 aliphatic heterocycles. The first-order valence-corrected chi connectivity index (χ1v) is 5.34. The van der Waals surface area contributed by atoms with Crippen LogP contribution in [0.1, 0.15) is 31.9 Å². The fourth-order valence-electron chi connectivity index (χ4n) is 1.34. The molecule has 0 aromatic heterocycles. The third-order valence-corrected chi connectivity index (χ3v) is 2.86. The van der Waals surface area contributed by atoms with E-state index < -0.39 is 6.10 Å². The molecule has 1 rings (SSSR count). The smallest absolute Gasteiger partial charge is 0.0994 e. The normalized spacial score (nSPS) is 13.0. The van der Waals surface area contributed by atoms with Crippen LogP contribution in [-0.4, -0.2) is 16.7 Å². The Bertz CT molecular complexity index is 416. The third-order valence-electron chi connectivity index (χ3n) is 2.86. The van der Waals surface area contributed by atoms with Crippen LogP contribution in [0, 0.1) is 18.3 Å². The first-order chi connectivity index (χ1) is 7.36. The van der Waals surface area contributed by atoms with Gasteiger partial charge in [-0.1, -0.05) is 0 Å². The van der Waals surface area contributed by atoms with Crippen molar-refractivity contribution in [2.75, 3.05) is 5.32 Å². The van der Waals surface area contributed by atoms with Gasteiger partial charge in [0.05, 0.1) is 23.3 Å². The lowest BCUT2D eigenvalue weighted by Crippen LogP contribution is -2.41. The molecule has 1 aromatic carbocycles. The van der Waals surface area contributed by atoms with E-state index in [2.05, 4.69) is 11.4 Å². The molecule has 2 N–H and O–H groups in total. The number of anilines is 1. The Kier molecular flexibility index (Phi) is 3.56. The van der Waals surface area contributed by atoms with Crippen molar-refractivity contribution >= 4 is 5.69 Å². The van der Waals surface area contributed by atoms with Gasteiger partial charge in [-0.05, 0) is 51.5 Å². The summed E-state index contributed by atoms with van der Waals surface area (Å²) in [7, 11) is 0. The van der Waals surface area contributed by atoms with Crippen molar-refractivity contribution in [2.45, 2.75) is 39.3 Å². The van der Waals surface area contributed by atoms with E-state index in [0.717, 1.165) is 11.3 Å². The van der Waals surface area contributed by atoms with E-state index in [1.807, 2.05) is 32.9 Å². The number of benzene rings is 1. The average molecular weight is 218 g/mol. The fraction of sp³-hybridized carbons (Fsp3) is 0.462. The summed E-state index contributed by atoms with van der Waals surface area (Å²) < 4.78 is 0. The Hall–Kier alpha value is -1.53. The van der Waals surface area contributed by atoms with Gasteiger partial charge in [0, 0.05) is 5.69 Å². The molecule has 0 aliphatic rings. The van der Waals surface area contributed by atoms with Gasteiger partial charge >= 0.3 is 0 Å². The van der Waals surface area contributed by atoms with Crippen LogP contribution in [0.15, 0.2) is 18.2 Å². The Balaban J connectivity index is 2.92. The van der Waals surface area contributed by atoms with Crippen LogP contribution in [0.25, 0.3) is 0 Å². The summed E-state index contributed by atoms with van der Waals surface area (Å²) in [5, 5.41) is 21.7. The summed E-state index contributed by atoms with van der Waals surface area (Å²) >= 11 is 0. The van der Waals surface area contributed by atoms with Crippen molar-refractivity contribution in [1.29, 1.82) is 5.26 Å². The monoisotopic (exact) mass is 218 g/mol. The maximum absolute atomic E-state index is 9.60. The lowest BCUT2D eigenvalue weighted by molar-refractivity contribution is 0.133. The lowest BCUT2D eigenvalue weighted by atomic mass is 9.98. The number of rotatable bonds is 3. The zero-order valence-electron chi connectivity index (χ0n) is 10.2. The van der Waals surface area contributed by atoms with E-state index in [9.17, 15) is 5.11 Å². The van der Waals surface area contributed by atoms with E-state index in [0.29, 0.717) is 5.56 Å². The molecule has 86 valence electrons. The number of aliphatic hydroxyl groups excluding tert-OH is 1. The molecule has 0 heterocycles. The number of nitrogens with one attached hydrogen (secondary N) is 1. The molecule has 16 heavy (non-hydrogen) atoms. The van der Waals surface area contributed by atoms with Gasteiger partial charge in [0.2, 0.25) is 0 Å². The van der Waals surface area contributed by atoms with Crippen molar-refractivity contribution in [2.24, 2.45) is 0 Å². The summed E-state index contributed by atoms with van der Waals surface area (Å²) in [5.74, 6) is 0. The summed E-state index contributed by atoms with van der Waals surface area (Å²) in [6.45, 7) is 7.53. The summed E-state index contributed by atoms with van der Waals surface area (Å²) in [6, 6.07) is 7.69. The van der Waals surface area contributed by atoms with Crippen LogP contribution in [-0.2, 0) is 0 Å². The van der Waals surface area contributed by atoms with Gasteiger partial charge in [-0.25, -0.2) is 0 Å². The van der Waals surface area contributed by atoms with Crippen molar-refractivity contribution < 1.29 is 5.11 Å². The molecule has 0 saturated heterocycles. The van der Waals surface area contributed by atoms with E-state index in [4.69, 9.17) is 5.26 Å². The highest BCUT2D eigenvalue weighted by Crippen LogP contribution is 2.20. The molecule has 0 radical (unpaired) electrons. The SMILES string of the molecule is Cc1cc(NC(C)(C)C(C)O)ccc1C#N. The summed E-state index contributed by atoms with van der Waals surface area (Å²) in [6.07, 6.45) is -0.455. The minimum Gasteiger partial charge on any atom is -0.391 e. The van der Waals surface area contributed by atoms with Gasteiger partial charge in [-0.2, -0.15) is 5.26 Å². The fourth-order valence-corrected chi connectivity index (χ4v) is 1.34. The van der Waals surface area contributed by atoms with Crippen LogP contribution in [0.2, 0.25) is 0 Å². The molecule has 3 heteroatoms. The molecule has 1 unspecified atom stereocenters. The number of aliphatic hydroxyl groups is 1. The van der Waals surface area contributed by atoms with Gasteiger partial charge in [0.1, 0.15) is 0 Å². The summed E-state index contributed by atoms with van der Waals surface area (Å²) in [4.78, 5) is 0. The molecule has 0 amide bonds. The Labute approximate surface area is 96.7 Å². The first kappa shape index (κ1) is 12.5. The Morgan fingerprint density at radius 3 is 2.50 bits per heavy atom. The molecule has 1 atom stereocenters. The van der Waals surface area contributed by atoms with Crippen molar-refractivity contribution in [3.05, 3.63) is 29.3 Å². The van der Waals surface area contributed by atoms with Crippen LogP contribution in [0.4, 0.5) is 5.69 Å². The van der Waals surface area contributed by atoms with Crippen LogP contribution < -0.4 is 5.32 Å². The van der Waals surface area contributed by atoms with Crippen LogP contribution in [0.3, 0.4) is 0 Å². The van der Waals surface area contributed by atoms with E-state index >= 15 is 0 Å². The lowest BCUT2D eigenvalue weighted by Gasteiger charge is -2.30. The van der Waals surface area contributed by atoms with E-state index in [1.54, 1.807) is 13.0 Å². The predicted molar refractivity (Wildman–Crippen MR) is 65.3 cm³/mol. The molecule has 1 aromatic rings. The summed E-state index contributed by atoms with van der Waals surface area (Å²) in [5.41, 5.74) is 2.15. The van der Waals surface area contributed by atoms with Gasteiger partial charge in [0.25, 0.3) is 0 Å². The topological polar surface area (TPSA) is 56.0 Å². The predicted octanol–water partition coefficient (Wildman–Crippen LogP) is 2.44. The average Bonchev–Trinajstić information content (AvgIpc) is 2.17. The van der Waals surface area contributed by atoms with Gasteiger partial charge in [-0.15, -0.1) is 0 Å². The largest absolute Gasteiger partial charge is 0.391 e. The molecule has 0 spiro atoms. The van der Waals surface area contributed by atoms with Crippen molar-refractivity contribution in [3.8, 4) is 6.07 Å². The second-order valence-corrected chi connectivity index (χ2v) is 4.66. The second-order valence-electron chi connectivity index (χ2n) is 4.66. The zero-order chi connectivity index (χ0) is 12.3. The van der Waals surface area contributed by atoms with Gasteiger partial charge < -0.3 is 10.4 Å². The van der Waals surface area contributed by atoms with Crippen molar-refractivity contribution in [1.82, 2.24) is 0 Å². The highest BCUT2D eigenvalue weighted by Gasteiger charge is 2.23. The van der Waals surface area contributed by atoms with E-state index in [-0.39, 0.29) is 5.54 Å². The number of aryl methyl sites for hydroxylation is 1. The molecule has 0 bridgehead atoms. The number of nitrogens with zero attached hydrogens (tertiary/aromatic N) is 1. The number of hydrogen-bond donors (Lipinski definition) is 2. The van der Waals surface area contributed by atoms with Crippen molar-refractivity contribution in [3.63, 3.8) is 0 Å². The van der Waals surface area contributed by atoms with Gasteiger partial charge in [-0.3, -0.25) is 0 Å². The molecule has 0 fully saturated rings. The zero-order valence-corrected chi connectivity index (χ0v) is 10.2. The molecule has 3 nitrogen and oxygen atoms in total. The molecule has 0 aliphatic carbocycles. The standard InChI is InChI=1S/C13H18N2O/c1-9-7-12(6-5-11(9)8-14)15-13(3,4)10(2)16/h5-7,10,15-16H,1-4H3. The van der Waals surface area contributed by atoms with Gasteiger partial charge in [0.15, 0.2) is 0 Å². The number of hydrogen-bond acceptors (Lipinski definition) is 3. The maximum Gasteiger partial charge on any atom is 0.0994 e. The van der Waals surface area contributed by atoms with Crippen LogP contribution in [0.5, 0.6) is 0 Å². The second kappa shape index (κ2) is 4.54. The highest BCUT2D eigenvalue weighted by atomic mass is 16.3. The number of nitriles is 1. The quantitative estimate of drug-likeness (QED) is 0.819. The van der Waals surface area contributed by atoms with Crippen LogP contribution >= 0.6 is 0 Å². The Morgan fingerprint density at radius 1 is 1.44 bits per heavy atom. The minimum absolute atomic E-state index is 0.388. The molecule has 0 saturated carbocycles. The molecular weight excluding hydrogens is 200 g/mol. The van der Waals surface area contributed by atoms with E-state index in [1.165, 1.54) is 0 Å². The Morgan fingerprint density at radius 2 is 2.06 bits per heavy atom. The highest BCUT2D eigenvalue weighted by molar-refractivity contribution is 5.52. The third kappa shape index (κ3) is 2.74. The molecular formula is C13H18N2O. The first-order valence-electron chi connectivity index (χ1n) is 5.34. The maximum atomic E-state index is 9.60. The minimum atomic E-state index is -0.455.